The molecule has 1 aromatic carbocycles. The summed E-state index contributed by atoms with van der Waals surface area (Å²) in [6, 6.07) is 4.94. The minimum absolute atomic E-state index is 0.543. The third-order valence-corrected chi connectivity index (χ3v) is 5.00. The molecule has 1 heterocycles. The Labute approximate surface area is 139 Å². The third kappa shape index (κ3) is 3.81. The number of aromatic nitrogens is 1. The van der Waals surface area contributed by atoms with Crippen molar-refractivity contribution in [3.05, 3.63) is 43.2 Å². The maximum absolute atomic E-state index is 5.86. The summed E-state index contributed by atoms with van der Waals surface area (Å²) in [6.07, 6.45) is 4.44. The molecule has 1 aromatic heterocycles. The van der Waals surface area contributed by atoms with Crippen molar-refractivity contribution in [1.29, 1.82) is 0 Å². The van der Waals surface area contributed by atoms with Gasteiger partial charge < -0.3 is 10.1 Å². The zero-order valence-corrected chi connectivity index (χ0v) is 14.7. The van der Waals surface area contributed by atoms with Crippen LogP contribution in [0.2, 0.25) is 0 Å². The van der Waals surface area contributed by atoms with Crippen molar-refractivity contribution in [3.8, 4) is 5.75 Å². The summed E-state index contributed by atoms with van der Waals surface area (Å²) in [5.74, 6) is 0.841. The van der Waals surface area contributed by atoms with Gasteiger partial charge in [-0.15, -0.1) is 11.3 Å². The molecular formula is C14H14Br2N2OS. The first-order valence-corrected chi connectivity index (χ1v) is 8.90. The van der Waals surface area contributed by atoms with Crippen molar-refractivity contribution in [1.82, 2.24) is 10.3 Å². The molecule has 3 nitrogen and oxygen atoms in total. The molecule has 0 saturated heterocycles. The molecule has 1 aliphatic carbocycles. The first-order valence-electron chi connectivity index (χ1n) is 6.44. The number of nitrogens with one attached hydrogen (secondary N) is 1. The standard InChI is InChI=1S/C14H14Br2N2OS/c15-12-3-9(5-18-10-1-2-10)4-13(16)14(12)19-7-11-6-17-8-20-11/h3-4,6,8,10,18H,1-2,5,7H2. The zero-order chi connectivity index (χ0) is 13.9. The highest BCUT2D eigenvalue weighted by molar-refractivity contribution is 9.11. The van der Waals surface area contributed by atoms with Crippen LogP contribution >= 0.6 is 43.2 Å². The van der Waals surface area contributed by atoms with Gasteiger partial charge in [0.2, 0.25) is 0 Å². The molecule has 0 spiro atoms. The van der Waals surface area contributed by atoms with E-state index in [0.29, 0.717) is 6.61 Å². The van der Waals surface area contributed by atoms with E-state index in [4.69, 9.17) is 4.74 Å². The molecule has 0 bridgehead atoms. The molecule has 106 valence electrons. The molecule has 0 aliphatic heterocycles. The van der Waals surface area contributed by atoms with E-state index in [1.165, 1.54) is 18.4 Å². The fourth-order valence-electron chi connectivity index (χ4n) is 1.86. The summed E-state index contributed by atoms with van der Waals surface area (Å²) in [5, 5.41) is 3.51. The largest absolute Gasteiger partial charge is 0.486 e. The molecule has 20 heavy (non-hydrogen) atoms. The van der Waals surface area contributed by atoms with Gasteiger partial charge in [-0.3, -0.25) is 4.98 Å². The van der Waals surface area contributed by atoms with E-state index >= 15 is 0 Å². The smallest absolute Gasteiger partial charge is 0.148 e. The Balaban J connectivity index is 1.67. The van der Waals surface area contributed by atoms with Crippen LogP contribution < -0.4 is 10.1 Å². The molecule has 6 heteroatoms. The van der Waals surface area contributed by atoms with Crippen LogP contribution in [0.4, 0.5) is 0 Å². The van der Waals surface area contributed by atoms with Gasteiger partial charge in [-0.1, -0.05) is 0 Å². The number of halogens is 2. The van der Waals surface area contributed by atoms with Crippen molar-refractivity contribution in [2.75, 3.05) is 0 Å². The number of nitrogens with zero attached hydrogens (tertiary/aromatic N) is 1. The summed E-state index contributed by atoms with van der Waals surface area (Å²) in [6.45, 7) is 1.44. The van der Waals surface area contributed by atoms with E-state index < -0.39 is 0 Å². The van der Waals surface area contributed by atoms with Gasteiger partial charge in [0.05, 0.1) is 19.3 Å². The predicted molar refractivity (Wildman–Crippen MR) is 88.1 cm³/mol. The van der Waals surface area contributed by atoms with Gasteiger partial charge in [-0.2, -0.15) is 0 Å². The van der Waals surface area contributed by atoms with Gasteiger partial charge in [0.15, 0.2) is 0 Å². The quantitative estimate of drug-likeness (QED) is 0.751. The summed E-state index contributed by atoms with van der Waals surface area (Å²) >= 11 is 8.78. The Morgan fingerprint density at radius 1 is 1.30 bits per heavy atom. The second kappa shape index (κ2) is 6.56. The van der Waals surface area contributed by atoms with Crippen LogP contribution in [-0.2, 0) is 13.2 Å². The van der Waals surface area contributed by atoms with Crippen LogP contribution in [-0.4, -0.2) is 11.0 Å². The molecule has 1 aliphatic rings. The first-order chi connectivity index (χ1) is 9.72. The lowest BCUT2D eigenvalue weighted by Crippen LogP contribution is -2.15. The lowest BCUT2D eigenvalue weighted by Gasteiger charge is -2.12. The highest BCUT2D eigenvalue weighted by atomic mass is 79.9. The van der Waals surface area contributed by atoms with Crippen molar-refractivity contribution in [3.63, 3.8) is 0 Å². The van der Waals surface area contributed by atoms with E-state index in [1.54, 1.807) is 11.3 Å². The molecular weight excluding hydrogens is 404 g/mol. The molecule has 1 fully saturated rings. The number of hydrogen-bond acceptors (Lipinski definition) is 4. The van der Waals surface area contributed by atoms with Gasteiger partial charge in [0.1, 0.15) is 12.4 Å². The van der Waals surface area contributed by atoms with Crippen molar-refractivity contribution >= 4 is 43.2 Å². The lowest BCUT2D eigenvalue weighted by molar-refractivity contribution is 0.305. The van der Waals surface area contributed by atoms with Crippen LogP contribution in [0.3, 0.4) is 0 Å². The number of hydrogen-bond donors (Lipinski definition) is 1. The Bertz CT molecular complexity index is 562. The zero-order valence-electron chi connectivity index (χ0n) is 10.7. The maximum atomic E-state index is 5.86. The Kier molecular flexibility index (Phi) is 4.75. The molecule has 2 aromatic rings. The highest BCUT2D eigenvalue weighted by Crippen LogP contribution is 2.35. The minimum Gasteiger partial charge on any atom is -0.486 e. The van der Waals surface area contributed by atoms with E-state index in [0.717, 1.165) is 32.2 Å². The van der Waals surface area contributed by atoms with Crippen LogP contribution in [0.15, 0.2) is 32.8 Å². The Morgan fingerprint density at radius 2 is 2.05 bits per heavy atom. The topological polar surface area (TPSA) is 34.1 Å². The minimum atomic E-state index is 0.543. The van der Waals surface area contributed by atoms with Crippen molar-refractivity contribution < 1.29 is 4.74 Å². The summed E-state index contributed by atoms with van der Waals surface area (Å²) in [5.41, 5.74) is 3.07. The van der Waals surface area contributed by atoms with Gasteiger partial charge in [0, 0.05) is 18.8 Å². The first kappa shape index (κ1) is 14.5. The van der Waals surface area contributed by atoms with Crippen molar-refractivity contribution in [2.45, 2.75) is 32.0 Å². The van der Waals surface area contributed by atoms with E-state index in [2.05, 4.69) is 54.3 Å². The molecule has 1 N–H and O–H groups in total. The fourth-order valence-corrected chi connectivity index (χ4v) is 3.87. The van der Waals surface area contributed by atoms with Crippen molar-refractivity contribution in [2.24, 2.45) is 0 Å². The molecule has 0 unspecified atom stereocenters. The SMILES string of the molecule is Brc1cc(CNC2CC2)cc(Br)c1OCc1cncs1. The number of thiazole rings is 1. The normalized spacial score (nSPS) is 14.5. The maximum Gasteiger partial charge on any atom is 0.148 e. The average molecular weight is 418 g/mol. The number of rotatable bonds is 6. The lowest BCUT2D eigenvalue weighted by atomic mass is 10.2. The number of benzene rings is 1. The highest BCUT2D eigenvalue weighted by Gasteiger charge is 2.20. The van der Waals surface area contributed by atoms with Crippen LogP contribution in [0.1, 0.15) is 23.3 Å². The van der Waals surface area contributed by atoms with Gasteiger partial charge in [-0.05, 0) is 62.4 Å². The van der Waals surface area contributed by atoms with Crippen LogP contribution in [0, 0.1) is 0 Å². The fraction of sp³-hybridized carbons (Fsp3) is 0.357. The van der Waals surface area contributed by atoms with Gasteiger partial charge >= 0.3 is 0 Å². The Morgan fingerprint density at radius 3 is 2.65 bits per heavy atom. The van der Waals surface area contributed by atoms with E-state index in [1.807, 2.05) is 11.7 Å². The average Bonchev–Trinajstić information content (AvgIpc) is 3.10. The monoisotopic (exact) mass is 416 g/mol. The predicted octanol–water partition coefficient (Wildman–Crippen LogP) is 4.50. The molecule has 0 radical (unpaired) electrons. The van der Waals surface area contributed by atoms with Crippen LogP contribution in [0.5, 0.6) is 5.75 Å². The summed E-state index contributed by atoms with van der Waals surface area (Å²) < 4.78 is 7.81. The van der Waals surface area contributed by atoms with E-state index in [9.17, 15) is 0 Å². The van der Waals surface area contributed by atoms with Gasteiger partial charge in [-0.25, -0.2) is 0 Å². The van der Waals surface area contributed by atoms with Gasteiger partial charge in [0.25, 0.3) is 0 Å². The van der Waals surface area contributed by atoms with Crippen LogP contribution in [0.25, 0.3) is 0 Å². The third-order valence-electron chi connectivity index (χ3n) is 3.07. The molecule has 3 rings (SSSR count). The summed E-state index contributed by atoms with van der Waals surface area (Å²) in [4.78, 5) is 5.16. The van der Waals surface area contributed by atoms with E-state index in [-0.39, 0.29) is 0 Å². The molecule has 1 saturated carbocycles. The second-order valence-corrected chi connectivity index (χ2v) is 7.48. The molecule has 0 amide bonds. The second-order valence-electron chi connectivity index (χ2n) is 4.80. The Hall–Kier alpha value is -0.430. The summed E-state index contributed by atoms with van der Waals surface area (Å²) in [7, 11) is 0. The molecule has 0 atom stereocenters. The number of ether oxygens (including phenoxy) is 1.